The molecule has 0 atom stereocenters. The van der Waals surface area contributed by atoms with Crippen molar-refractivity contribution in [2.45, 2.75) is 0 Å². The summed E-state index contributed by atoms with van der Waals surface area (Å²) in [6.45, 7) is 0. The van der Waals surface area contributed by atoms with Gasteiger partial charge in [0.15, 0.2) is 0 Å². The summed E-state index contributed by atoms with van der Waals surface area (Å²) in [4.78, 5) is 4.55. The van der Waals surface area contributed by atoms with Gasteiger partial charge in [-0.3, -0.25) is 0 Å². The Hall–Kier alpha value is -3.28. The van der Waals surface area contributed by atoms with E-state index in [-0.39, 0.29) is 20.0 Å². The molecule has 7 heteroatoms. The quantitative estimate of drug-likeness (QED) is 0.341. The average Bonchev–Trinajstić information content (AvgIpc) is 3.11. The summed E-state index contributed by atoms with van der Waals surface area (Å²) in [6, 6.07) is 20.2. The monoisotopic (exact) mass is 418 g/mol. The summed E-state index contributed by atoms with van der Waals surface area (Å²) in [5.74, 6) is 5.84. The first-order valence-corrected chi connectivity index (χ1v) is 10.1. The number of rotatable bonds is 2. The first-order chi connectivity index (χ1) is 13.2. The fourth-order valence-corrected chi connectivity index (χ4v) is 5.39. The Balaban J connectivity index is 1.99. The summed E-state index contributed by atoms with van der Waals surface area (Å²) < 4.78 is 2.99. The van der Waals surface area contributed by atoms with Crippen molar-refractivity contribution in [2.75, 3.05) is 5.84 Å². The van der Waals surface area contributed by atoms with Crippen LogP contribution < -0.4 is 11.3 Å². The van der Waals surface area contributed by atoms with Gasteiger partial charge >= 0.3 is 160 Å². The minimum absolute atomic E-state index is 0.150. The van der Waals surface area contributed by atoms with Gasteiger partial charge in [-0.25, -0.2) is 0 Å². The van der Waals surface area contributed by atoms with Gasteiger partial charge in [-0.2, -0.15) is 0 Å². The molecule has 2 aromatic carbocycles. The molecule has 0 spiro atoms. The van der Waals surface area contributed by atoms with Crippen molar-refractivity contribution in [2.24, 2.45) is 0 Å². The molecule has 0 aliphatic carbocycles. The van der Waals surface area contributed by atoms with E-state index in [1.165, 1.54) is 11.0 Å². The Bertz CT molecular complexity index is 1340. The van der Waals surface area contributed by atoms with Gasteiger partial charge in [-0.1, -0.05) is 0 Å². The van der Waals surface area contributed by atoms with Gasteiger partial charge in [0.05, 0.1) is 0 Å². The number of nitrogens with zero attached hydrogens (tertiary/aromatic N) is 4. The number of hydrogen-bond acceptors (Lipinski definition) is 5. The van der Waals surface area contributed by atoms with Crippen LogP contribution in [0.3, 0.4) is 0 Å². The van der Waals surface area contributed by atoms with Crippen LogP contribution in [0.25, 0.3) is 41.9 Å². The Labute approximate surface area is 160 Å². The predicted molar refractivity (Wildman–Crippen MR) is 107 cm³/mol. The van der Waals surface area contributed by atoms with E-state index < -0.39 is 0 Å². The summed E-state index contributed by atoms with van der Waals surface area (Å²) in [7, 11) is 0. The topological polar surface area (TPSA) is 93.5 Å². The van der Waals surface area contributed by atoms with Crippen LogP contribution >= 0.6 is 0 Å². The summed E-state index contributed by atoms with van der Waals surface area (Å²) in [5.41, 5.74) is 4.96. The molecule has 0 amide bonds. The first kappa shape index (κ1) is 15.9. The molecule has 3 aromatic heterocycles. The second-order valence-corrected chi connectivity index (χ2v) is 8.21. The number of fused-ring (bicyclic) bond motifs is 3. The SMILES string of the molecule is N=c1c2[se]c3nnc(-c4ccccc4)c(-c4ccccc4)c3c2ncn1N. The molecule has 0 unspecified atom stereocenters. The van der Waals surface area contributed by atoms with Gasteiger partial charge < -0.3 is 0 Å². The molecule has 5 aromatic rings. The van der Waals surface area contributed by atoms with Crippen molar-refractivity contribution >= 4 is 34.1 Å². The molecule has 3 N–H and O–H groups in total. The maximum absolute atomic E-state index is 8.31. The van der Waals surface area contributed by atoms with E-state index in [9.17, 15) is 0 Å². The fraction of sp³-hybridized carbons (Fsp3) is 0. The average molecular weight is 417 g/mol. The van der Waals surface area contributed by atoms with Crippen molar-refractivity contribution in [1.29, 1.82) is 5.41 Å². The molecule has 0 saturated carbocycles. The number of hydrogen-bond donors (Lipinski definition) is 2. The normalized spacial score (nSPS) is 11.3. The van der Waals surface area contributed by atoms with Crippen molar-refractivity contribution in [3.05, 3.63) is 72.5 Å². The number of benzene rings is 2. The van der Waals surface area contributed by atoms with Gasteiger partial charge in [0.1, 0.15) is 0 Å². The van der Waals surface area contributed by atoms with Crippen LogP contribution in [-0.2, 0) is 0 Å². The molecule has 6 nitrogen and oxygen atoms in total. The third-order valence-corrected chi connectivity index (χ3v) is 6.73. The fourth-order valence-electron chi connectivity index (χ4n) is 3.23. The zero-order valence-electron chi connectivity index (χ0n) is 14.1. The van der Waals surface area contributed by atoms with Gasteiger partial charge in [0, 0.05) is 0 Å². The van der Waals surface area contributed by atoms with E-state index in [0.717, 1.165) is 41.9 Å². The summed E-state index contributed by atoms with van der Waals surface area (Å²) >= 11 is -0.150. The van der Waals surface area contributed by atoms with Crippen molar-refractivity contribution in [1.82, 2.24) is 19.9 Å². The molecular weight excluding hydrogens is 403 g/mol. The molecule has 0 bridgehead atoms. The Kier molecular flexibility index (Phi) is 3.63. The molecule has 27 heavy (non-hydrogen) atoms. The second kappa shape index (κ2) is 6.16. The maximum atomic E-state index is 8.31. The molecule has 0 aliphatic rings. The van der Waals surface area contributed by atoms with Gasteiger partial charge in [0.2, 0.25) is 0 Å². The molecule has 130 valence electrons. The third kappa shape index (κ3) is 2.48. The zero-order valence-corrected chi connectivity index (χ0v) is 15.8. The Morgan fingerprint density at radius 3 is 2.26 bits per heavy atom. The molecule has 3 heterocycles. The van der Waals surface area contributed by atoms with Crippen molar-refractivity contribution < 1.29 is 0 Å². The number of nitrogens with two attached hydrogens (primary N) is 1. The van der Waals surface area contributed by atoms with Crippen LogP contribution in [0.2, 0.25) is 0 Å². The second-order valence-electron chi connectivity index (χ2n) is 6.12. The zero-order chi connectivity index (χ0) is 18.4. The van der Waals surface area contributed by atoms with Gasteiger partial charge in [0.25, 0.3) is 0 Å². The van der Waals surface area contributed by atoms with E-state index in [4.69, 9.17) is 11.3 Å². The van der Waals surface area contributed by atoms with Gasteiger partial charge in [-0.05, 0) is 0 Å². The molecule has 0 saturated heterocycles. The van der Waals surface area contributed by atoms with Crippen molar-refractivity contribution in [3.8, 4) is 22.4 Å². The summed E-state index contributed by atoms with van der Waals surface area (Å²) in [5, 5.41) is 18.4. The predicted octanol–water partition coefficient (Wildman–Crippen LogP) is 2.56. The van der Waals surface area contributed by atoms with Gasteiger partial charge in [-0.15, -0.1) is 0 Å². The van der Waals surface area contributed by atoms with Crippen LogP contribution in [0.15, 0.2) is 67.0 Å². The molecule has 0 fully saturated rings. The number of nitrogen functional groups attached to an aromatic ring is 1. The van der Waals surface area contributed by atoms with Crippen LogP contribution in [0.1, 0.15) is 0 Å². The number of nitrogens with one attached hydrogen (secondary N) is 1. The minimum atomic E-state index is -0.150. The van der Waals surface area contributed by atoms with E-state index in [2.05, 4.69) is 27.3 Å². The summed E-state index contributed by atoms with van der Waals surface area (Å²) in [6.07, 6.45) is 1.49. The van der Waals surface area contributed by atoms with Crippen LogP contribution in [0.4, 0.5) is 0 Å². The number of aromatic nitrogens is 4. The first-order valence-electron chi connectivity index (χ1n) is 8.35. The van der Waals surface area contributed by atoms with E-state index in [1.807, 2.05) is 48.5 Å². The van der Waals surface area contributed by atoms with Crippen LogP contribution in [0, 0.1) is 5.41 Å². The van der Waals surface area contributed by atoms with Crippen LogP contribution in [0.5, 0.6) is 0 Å². The van der Waals surface area contributed by atoms with E-state index >= 15 is 0 Å². The third-order valence-electron chi connectivity index (χ3n) is 4.49. The van der Waals surface area contributed by atoms with Crippen molar-refractivity contribution in [3.63, 3.8) is 0 Å². The Morgan fingerprint density at radius 1 is 0.889 bits per heavy atom. The van der Waals surface area contributed by atoms with E-state index in [0.29, 0.717) is 0 Å². The molecule has 0 aliphatic heterocycles. The molecular formula is C20H14N6Se. The molecule has 5 rings (SSSR count). The molecule has 0 radical (unpaired) electrons. The van der Waals surface area contributed by atoms with Crippen LogP contribution in [-0.4, -0.2) is 34.4 Å². The Morgan fingerprint density at radius 2 is 1.56 bits per heavy atom. The standard InChI is InChI=1S/C20H14N6Se/c21-19-18-17(23-11-26(19)22)15-14(12-7-3-1-4-8-12)16(24-25-20(15)27-18)13-9-5-2-6-10-13/h1-11,21H,22H2. The van der Waals surface area contributed by atoms with E-state index in [1.54, 1.807) is 0 Å².